The molecule has 1 atom stereocenters. The highest BCUT2D eigenvalue weighted by molar-refractivity contribution is 14.1. The van der Waals surface area contributed by atoms with Crippen LogP contribution in [0.1, 0.15) is 18.5 Å². The predicted octanol–water partition coefficient (Wildman–Crippen LogP) is 3.24. The normalized spacial score (nSPS) is 13.0. The summed E-state index contributed by atoms with van der Waals surface area (Å²) >= 11 is 2.18. The molecule has 0 unspecified atom stereocenters. The lowest BCUT2D eigenvalue weighted by Gasteiger charge is -2.11. The molecule has 0 aliphatic carbocycles. The molecular weight excluding hydrogens is 287 g/mol. The van der Waals surface area contributed by atoms with E-state index < -0.39 is 0 Å². The highest BCUT2D eigenvalue weighted by Gasteiger charge is 2.07. The minimum Gasteiger partial charge on any atom is -0.256 e. The van der Waals surface area contributed by atoms with E-state index in [0.29, 0.717) is 6.04 Å². The van der Waals surface area contributed by atoms with Crippen molar-refractivity contribution in [3.63, 3.8) is 0 Å². The van der Waals surface area contributed by atoms with Crippen LogP contribution in [0.15, 0.2) is 36.5 Å². The fourth-order valence-corrected chi connectivity index (χ4v) is 1.89. The van der Waals surface area contributed by atoms with Crippen LogP contribution in [-0.4, -0.2) is 4.98 Å². The number of nitrogens with one attached hydrogen (secondary N) is 1. The molecule has 72 valence electrons. The molecule has 0 radical (unpaired) electrons. The van der Waals surface area contributed by atoms with Crippen LogP contribution in [-0.2, 0) is 0 Å². The minimum atomic E-state index is 0.350. The van der Waals surface area contributed by atoms with Crippen molar-refractivity contribution < 1.29 is 0 Å². The molecular formula is C11H11IN2. The molecule has 0 bridgehead atoms. The summed E-state index contributed by atoms with van der Waals surface area (Å²) in [4.78, 5) is 4.33. The number of benzene rings is 1. The van der Waals surface area contributed by atoms with E-state index in [1.807, 2.05) is 24.4 Å². The summed E-state index contributed by atoms with van der Waals surface area (Å²) in [5.41, 5.74) is 2.36. The number of hydrogen-bond donors (Lipinski definition) is 1. The maximum atomic E-state index is 4.33. The van der Waals surface area contributed by atoms with Crippen molar-refractivity contribution in [2.45, 2.75) is 13.0 Å². The smallest absolute Gasteiger partial charge is 0.0705 e. The fraction of sp³-hybridized carbons (Fsp3) is 0.182. The lowest BCUT2D eigenvalue weighted by atomic mass is 10.0. The van der Waals surface area contributed by atoms with Gasteiger partial charge >= 0.3 is 0 Å². The van der Waals surface area contributed by atoms with Gasteiger partial charge in [-0.05, 0) is 24.6 Å². The van der Waals surface area contributed by atoms with Gasteiger partial charge in [-0.25, -0.2) is 0 Å². The molecule has 3 heteroatoms. The second kappa shape index (κ2) is 4.23. The van der Waals surface area contributed by atoms with Crippen molar-refractivity contribution in [2.24, 2.45) is 0 Å². The van der Waals surface area contributed by atoms with Crippen molar-refractivity contribution in [3.05, 3.63) is 42.1 Å². The van der Waals surface area contributed by atoms with Gasteiger partial charge in [0, 0.05) is 40.5 Å². The largest absolute Gasteiger partial charge is 0.256 e. The van der Waals surface area contributed by atoms with Gasteiger partial charge in [0.2, 0.25) is 0 Å². The van der Waals surface area contributed by atoms with Gasteiger partial charge in [-0.15, -0.1) is 0 Å². The third-order valence-corrected chi connectivity index (χ3v) is 3.25. The monoisotopic (exact) mass is 298 g/mol. The zero-order valence-electron chi connectivity index (χ0n) is 7.87. The Morgan fingerprint density at radius 2 is 2.07 bits per heavy atom. The summed E-state index contributed by atoms with van der Waals surface area (Å²) in [6.07, 6.45) is 1.86. The summed E-state index contributed by atoms with van der Waals surface area (Å²) < 4.78 is 3.22. The molecule has 0 fully saturated rings. The van der Waals surface area contributed by atoms with Gasteiger partial charge in [0.15, 0.2) is 0 Å². The van der Waals surface area contributed by atoms with Gasteiger partial charge in [0.1, 0.15) is 0 Å². The van der Waals surface area contributed by atoms with Gasteiger partial charge < -0.3 is 0 Å². The average molecular weight is 298 g/mol. The summed E-state index contributed by atoms with van der Waals surface area (Å²) in [6, 6.07) is 10.6. The lowest BCUT2D eigenvalue weighted by Crippen LogP contribution is -2.06. The van der Waals surface area contributed by atoms with Crippen LogP contribution in [0.5, 0.6) is 0 Å². The molecule has 0 saturated heterocycles. The van der Waals surface area contributed by atoms with Crippen molar-refractivity contribution in [1.29, 1.82) is 0 Å². The van der Waals surface area contributed by atoms with Crippen molar-refractivity contribution in [1.82, 2.24) is 8.51 Å². The third kappa shape index (κ3) is 1.74. The molecule has 2 aromatic rings. The van der Waals surface area contributed by atoms with E-state index >= 15 is 0 Å². The zero-order valence-corrected chi connectivity index (χ0v) is 10.0. The predicted molar refractivity (Wildman–Crippen MR) is 67.3 cm³/mol. The van der Waals surface area contributed by atoms with Gasteiger partial charge in [-0.2, -0.15) is 0 Å². The molecule has 2 nitrogen and oxygen atoms in total. The number of para-hydroxylation sites is 1. The van der Waals surface area contributed by atoms with Crippen LogP contribution in [0.2, 0.25) is 0 Å². The van der Waals surface area contributed by atoms with E-state index in [1.165, 1.54) is 10.9 Å². The fourth-order valence-electron chi connectivity index (χ4n) is 1.55. The highest BCUT2D eigenvalue weighted by atomic mass is 127. The Balaban J connectivity index is 2.65. The number of pyridine rings is 1. The number of halogens is 1. The van der Waals surface area contributed by atoms with E-state index in [2.05, 4.69) is 50.4 Å². The van der Waals surface area contributed by atoms with Crippen LogP contribution in [0, 0.1) is 0 Å². The Morgan fingerprint density at radius 1 is 1.29 bits per heavy atom. The van der Waals surface area contributed by atoms with Crippen LogP contribution in [0.4, 0.5) is 0 Å². The van der Waals surface area contributed by atoms with Crippen LogP contribution >= 0.6 is 22.9 Å². The lowest BCUT2D eigenvalue weighted by molar-refractivity contribution is 0.785. The quantitative estimate of drug-likeness (QED) is 0.680. The summed E-state index contributed by atoms with van der Waals surface area (Å²) in [7, 11) is 0. The Bertz CT molecular complexity index is 437. The molecule has 1 N–H and O–H groups in total. The van der Waals surface area contributed by atoms with Gasteiger partial charge in [0.25, 0.3) is 0 Å². The number of hydrogen-bond acceptors (Lipinski definition) is 2. The first-order chi connectivity index (χ1) is 6.83. The second-order valence-electron chi connectivity index (χ2n) is 3.25. The minimum absolute atomic E-state index is 0.350. The SMILES string of the molecule is C[C@@H](NI)c1ccnc2ccccc12. The average Bonchev–Trinajstić information content (AvgIpc) is 2.27. The number of fused-ring (bicyclic) bond motifs is 1. The number of nitrogens with zero attached hydrogens (tertiary/aromatic N) is 1. The number of rotatable bonds is 2. The maximum absolute atomic E-state index is 4.33. The van der Waals surface area contributed by atoms with Gasteiger partial charge in [0.05, 0.1) is 5.52 Å². The van der Waals surface area contributed by atoms with E-state index in [0.717, 1.165) is 5.52 Å². The summed E-state index contributed by atoms with van der Waals surface area (Å²) in [5.74, 6) is 0. The summed E-state index contributed by atoms with van der Waals surface area (Å²) in [5, 5.41) is 1.23. The first-order valence-electron chi connectivity index (χ1n) is 4.52. The summed E-state index contributed by atoms with van der Waals surface area (Å²) in [6.45, 7) is 2.15. The first-order valence-corrected chi connectivity index (χ1v) is 5.60. The molecule has 0 aliphatic heterocycles. The maximum Gasteiger partial charge on any atom is 0.0705 e. The highest BCUT2D eigenvalue weighted by Crippen LogP contribution is 2.22. The molecule has 1 aromatic carbocycles. The van der Waals surface area contributed by atoms with Crippen LogP contribution < -0.4 is 3.53 Å². The van der Waals surface area contributed by atoms with Gasteiger partial charge in [-0.1, -0.05) is 18.2 Å². The molecule has 1 heterocycles. The molecule has 0 amide bonds. The number of aromatic nitrogens is 1. The molecule has 0 saturated carbocycles. The molecule has 2 rings (SSSR count). The van der Waals surface area contributed by atoms with Crippen LogP contribution in [0.25, 0.3) is 10.9 Å². The van der Waals surface area contributed by atoms with Gasteiger partial charge in [-0.3, -0.25) is 8.51 Å². The van der Waals surface area contributed by atoms with E-state index in [9.17, 15) is 0 Å². The Hall–Kier alpha value is -0.680. The van der Waals surface area contributed by atoms with E-state index in [-0.39, 0.29) is 0 Å². The molecule has 0 aliphatic rings. The standard InChI is InChI=1S/C11H11IN2/c1-8(14-12)9-6-7-13-11-5-3-2-4-10(9)11/h2-8,14H,1H3/t8-/m1/s1. The van der Waals surface area contributed by atoms with Crippen molar-refractivity contribution in [2.75, 3.05) is 0 Å². The second-order valence-corrected chi connectivity index (χ2v) is 3.87. The van der Waals surface area contributed by atoms with Crippen LogP contribution in [0.3, 0.4) is 0 Å². The van der Waals surface area contributed by atoms with E-state index in [1.54, 1.807) is 0 Å². The first kappa shape index (κ1) is 9.86. The molecule has 14 heavy (non-hydrogen) atoms. The van der Waals surface area contributed by atoms with E-state index in [4.69, 9.17) is 0 Å². The van der Waals surface area contributed by atoms with Crippen molar-refractivity contribution in [3.8, 4) is 0 Å². The Kier molecular flexibility index (Phi) is 2.98. The molecule has 1 aromatic heterocycles. The molecule has 0 spiro atoms. The topological polar surface area (TPSA) is 24.9 Å². The third-order valence-electron chi connectivity index (χ3n) is 2.31. The van der Waals surface area contributed by atoms with Crippen molar-refractivity contribution >= 4 is 33.8 Å². The zero-order chi connectivity index (χ0) is 9.97. The Labute approximate surface area is 97.2 Å². The Morgan fingerprint density at radius 3 is 2.86 bits per heavy atom.